The van der Waals surface area contributed by atoms with Gasteiger partial charge in [0.05, 0.1) is 18.8 Å². The fourth-order valence-corrected chi connectivity index (χ4v) is 3.84. The van der Waals surface area contributed by atoms with Crippen molar-refractivity contribution < 1.29 is 4.79 Å². The first-order valence-electron chi connectivity index (χ1n) is 8.03. The summed E-state index contributed by atoms with van der Waals surface area (Å²) >= 11 is 1.73. The van der Waals surface area contributed by atoms with Gasteiger partial charge in [0, 0.05) is 24.0 Å². The van der Waals surface area contributed by atoms with Crippen LogP contribution in [0.5, 0.6) is 0 Å². The zero-order valence-corrected chi connectivity index (χ0v) is 13.9. The highest BCUT2D eigenvalue weighted by Gasteiger charge is 2.26. The number of likely N-dealkylation sites (tertiary alicyclic amines) is 1. The number of hydrogen-bond donors (Lipinski definition) is 0. The number of carbonyl (C=O) groups is 1. The van der Waals surface area contributed by atoms with Crippen LogP contribution in [0.25, 0.3) is 0 Å². The van der Waals surface area contributed by atoms with Gasteiger partial charge >= 0.3 is 0 Å². The normalized spacial score (nSPS) is 18.6. The summed E-state index contributed by atoms with van der Waals surface area (Å²) in [5.41, 5.74) is 1.17. The second-order valence-electron chi connectivity index (χ2n) is 6.06. The molecule has 0 N–H and O–H groups in total. The van der Waals surface area contributed by atoms with Crippen molar-refractivity contribution in [1.82, 2.24) is 14.7 Å². The Morgan fingerprint density at radius 3 is 3.09 bits per heavy atom. The number of aryl methyl sites for hydroxylation is 2. The standard InChI is InChI=1S/C17H23N3OS/c1-14-11-18-19(12-14)13-15-5-2-3-9-20(15)17(21)8-7-16-6-4-10-22-16/h4,6,10-12,15H,2-3,5,7-9,13H2,1H3. The topological polar surface area (TPSA) is 38.1 Å². The molecule has 1 saturated heterocycles. The van der Waals surface area contributed by atoms with Crippen LogP contribution in [-0.2, 0) is 17.8 Å². The Morgan fingerprint density at radius 2 is 2.36 bits per heavy atom. The maximum atomic E-state index is 12.6. The quantitative estimate of drug-likeness (QED) is 0.849. The lowest BCUT2D eigenvalue weighted by Crippen LogP contribution is -2.46. The van der Waals surface area contributed by atoms with E-state index in [1.54, 1.807) is 11.3 Å². The van der Waals surface area contributed by atoms with Crippen molar-refractivity contribution >= 4 is 17.2 Å². The minimum Gasteiger partial charge on any atom is -0.338 e. The van der Waals surface area contributed by atoms with Crippen LogP contribution < -0.4 is 0 Å². The molecule has 1 aliphatic heterocycles. The summed E-state index contributed by atoms with van der Waals surface area (Å²) in [5, 5.41) is 6.44. The smallest absolute Gasteiger partial charge is 0.223 e. The monoisotopic (exact) mass is 317 g/mol. The van der Waals surface area contributed by atoms with Crippen molar-refractivity contribution in [2.24, 2.45) is 0 Å². The van der Waals surface area contributed by atoms with Crippen LogP contribution >= 0.6 is 11.3 Å². The summed E-state index contributed by atoms with van der Waals surface area (Å²) < 4.78 is 1.98. The van der Waals surface area contributed by atoms with Crippen molar-refractivity contribution in [1.29, 1.82) is 0 Å². The number of hydrogen-bond acceptors (Lipinski definition) is 3. The third-order valence-corrected chi connectivity index (χ3v) is 5.21. The van der Waals surface area contributed by atoms with Gasteiger partial charge in [-0.1, -0.05) is 6.07 Å². The first-order chi connectivity index (χ1) is 10.7. The van der Waals surface area contributed by atoms with Crippen LogP contribution in [0.2, 0.25) is 0 Å². The molecule has 1 amide bonds. The molecule has 1 unspecified atom stereocenters. The third-order valence-electron chi connectivity index (χ3n) is 4.27. The second-order valence-corrected chi connectivity index (χ2v) is 7.09. The predicted molar refractivity (Wildman–Crippen MR) is 89.0 cm³/mol. The molecule has 5 heteroatoms. The maximum absolute atomic E-state index is 12.6. The highest BCUT2D eigenvalue weighted by atomic mass is 32.1. The largest absolute Gasteiger partial charge is 0.338 e. The van der Waals surface area contributed by atoms with Crippen LogP contribution in [0.15, 0.2) is 29.9 Å². The number of thiophene rings is 1. The van der Waals surface area contributed by atoms with E-state index in [2.05, 4.69) is 27.6 Å². The Kier molecular flexibility index (Phi) is 4.93. The molecule has 0 aliphatic carbocycles. The van der Waals surface area contributed by atoms with Gasteiger partial charge in [0.15, 0.2) is 0 Å². The van der Waals surface area contributed by atoms with Gasteiger partial charge in [0.25, 0.3) is 0 Å². The number of rotatable bonds is 5. The molecule has 2 aromatic rings. The average molecular weight is 317 g/mol. The highest BCUT2D eigenvalue weighted by Crippen LogP contribution is 2.21. The fourth-order valence-electron chi connectivity index (χ4n) is 3.13. The van der Waals surface area contributed by atoms with Gasteiger partial charge in [-0.3, -0.25) is 9.48 Å². The molecule has 0 bridgehead atoms. The van der Waals surface area contributed by atoms with E-state index in [9.17, 15) is 4.79 Å². The summed E-state index contributed by atoms with van der Waals surface area (Å²) in [6, 6.07) is 4.45. The van der Waals surface area contributed by atoms with E-state index >= 15 is 0 Å². The molecule has 0 saturated carbocycles. The Labute approximate surface area is 135 Å². The van der Waals surface area contributed by atoms with Gasteiger partial charge in [-0.2, -0.15) is 5.10 Å². The molecule has 118 valence electrons. The number of piperidine rings is 1. The summed E-state index contributed by atoms with van der Waals surface area (Å²) in [7, 11) is 0. The SMILES string of the molecule is Cc1cnn(CC2CCCCN2C(=O)CCc2cccs2)c1. The Morgan fingerprint density at radius 1 is 1.45 bits per heavy atom. The molecule has 1 atom stereocenters. The summed E-state index contributed by atoms with van der Waals surface area (Å²) in [5.74, 6) is 0.293. The highest BCUT2D eigenvalue weighted by molar-refractivity contribution is 7.09. The zero-order valence-electron chi connectivity index (χ0n) is 13.1. The molecule has 4 nitrogen and oxygen atoms in total. The van der Waals surface area contributed by atoms with E-state index in [0.717, 1.165) is 32.4 Å². The van der Waals surface area contributed by atoms with Gasteiger partial charge in [-0.05, 0) is 49.6 Å². The Bertz CT molecular complexity index is 605. The predicted octanol–water partition coefficient (Wildman–Crippen LogP) is 3.27. The molecule has 22 heavy (non-hydrogen) atoms. The number of nitrogens with zero attached hydrogens (tertiary/aromatic N) is 3. The van der Waals surface area contributed by atoms with Crippen molar-refractivity contribution in [2.45, 2.75) is 51.6 Å². The first kappa shape index (κ1) is 15.3. The molecule has 0 radical (unpaired) electrons. The Hall–Kier alpha value is -1.62. The Balaban J connectivity index is 1.60. The molecule has 0 aromatic carbocycles. The molecule has 2 aromatic heterocycles. The molecule has 1 aliphatic rings. The van der Waals surface area contributed by atoms with E-state index in [0.29, 0.717) is 18.4 Å². The molecule has 3 heterocycles. The van der Waals surface area contributed by atoms with E-state index < -0.39 is 0 Å². The van der Waals surface area contributed by atoms with Gasteiger partial charge in [0.2, 0.25) is 5.91 Å². The number of carbonyl (C=O) groups excluding carboxylic acids is 1. The molecule has 3 rings (SSSR count). The fraction of sp³-hybridized carbons (Fsp3) is 0.529. The number of amides is 1. The van der Waals surface area contributed by atoms with E-state index in [1.807, 2.05) is 23.9 Å². The molecular weight excluding hydrogens is 294 g/mol. The lowest BCUT2D eigenvalue weighted by atomic mass is 10.0. The lowest BCUT2D eigenvalue weighted by Gasteiger charge is -2.36. The van der Waals surface area contributed by atoms with Crippen LogP contribution in [0.4, 0.5) is 0 Å². The summed E-state index contributed by atoms with van der Waals surface area (Å²) in [4.78, 5) is 16.0. The molecule has 1 fully saturated rings. The van der Waals surface area contributed by atoms with Crippen LogP contribution in [0.1, 0.15) is 36.1 Å². The van der Waals surface area contributed by atoms with Gasteiger partial charge < -0.3 is 4.90 Å². The second kappa shape index (κ2) is 7.09. The number of aromatic nitrogens is 2. The molecule has 0 spiro atoms. The van der Waals surface area contributed by atoms with E-state index in [1.165, 1.54) is 16.9 Å². The van der Waals surface area contributed by atoms with Crippen LogP contribution in [-0.4, -0.2) is 33.2 Å². The van der Waals surface area contributed by atoms with Gasteiger partial charge in [0.1, 0.15) is 0 Å². The van der Waals surface area contributed by atoms with E-state index in [-0.39, 0.29) is 0 Å². The van der Waals surface area contributed by atoms with Gasteiger partial charge in [-0.25, -0.2) is 0 Å². The van der Waals surface area contributed by atoms with Crippen molar-refractivity contribution in [2.75, 3.05) is 6.54 Å². The maximum Gasteiger partial charge on any atom is 0.223 e. The average Bonchev–Trinajstić information content (AvgIpc) is 3.17. The van der Waals surface area contributed by atoms with Crippen molar-refractivity contribution in [3.05, 3.63) is 40.3 Å². The lowest BCUT2D eigenvalue weighted by molar-refractivity contribution is -0.135. The van der Waals surface area contributed by atoms with Crippen LogP contribution in [0, 0.1) is 6.92 Å². The minimum absolute atomic E-state index is 0.293. The summed E-state index contributed by atoms with van der Waals surface area (Å²) in [6.07, 6.45) is 8.84. The molecular formula is C17H23N3OS. The van der Waals surface area contributed by atoms with E-state index in [4.69, 9.17) is 0 Å². The van der Waals surface area contributed by atoms with Crippen molar-refractivity contribution in [3.8, 4) is 0 Å². The third kappa shape index (κ3) is 3.77. The zero-order chi connectivity index (χ0) is 15.4. The van der Waals surface area contributed by atoms with Crippen molar-refractivity contribution in [3.63, 3.8) is 0 Å². The minimum atomic E-state index is 0.293. The van der Waals surface area contributed by atoms with Crippen LogP contribution in [0.3, 0.4) is 0 Å². The first-order valence-corrected chi connectivity index (χ1v) is 8.91. The van der Waals surface area contributed by atoms with Gasteiger partial charge in [-0.15, -0.1) is 11.3 Å². The summed E-state index contributed by atoms with van der Waals surface area (Å²) in [6.45, 7) is 3.76.